The van der Waals surface area contributed by atoms with Gasteiger partial charge in [0.2, 0.25) is 0 Å². The predicted molar refractivity (Wildman–Crippen MR) is 89.8 cm³/mol. The first-order chi connectivity index (χ1) is 8.47. The van der Waals surface area contributed by atoms with E-state index in [-0.39, 0.29) is 42.2 Å². The van der Waals surface area contributed by atoms with Crippen LogP contribution in [0, 0.1) is 0 Å². The molecule has 0 saturated heterocycles. The minimum Gasteiger partial charge on any atom is -0.370 e. The second kappa shape index (κ2) is 9.13. The maximum Gasteiger partial charge on any atom is 0.188 e. The molecule has 0 aromatic heterocycles. The number of rotatable bonds is 6. The smallest absolute Gasteiger partial charge is 0.188 e. The summed E-state index contributed by atoms with van der Waals surface area (Å²) in [5, 5.41) is 2.95. The Morgan fingerprint density at radius 2 is 1.95 bits per heavy atom. The number of sulfone groups is 1. The van der Waals surface area contributed by atoms with Crippen LogP contribution in [0.15, 0.2) is 35.3 Å². The second-order valence-corrected chi connectivity index (χ2v) is 6.32. The van der Waals surface area contributed by atoms with E-state index in [9.17, 15) is 8.42 Å². The number of halogens is 1. The van der Waals surface area contributed by atoms with Gasteiger partial charge in [0.25, 0.3) is 0 Å². The summed E-state index contributed by atoms with van der Waals surface area (Å²) in [6.07, 6.45) is 2.03. The Bertz CT molecular complexity index is 489. The van der Waals surface area contributed by atoms with E-state index < -0.39 is 9.84 Å². The number of hydrogen-bond acceptors (Lipinski definition) is 3. The fraction of sp³-hybridized carbons (Fsp3) is 0.417. The van der Waals surface area contributed by atoms with Crippen molar-refractivity contribution >= 4 is 39.8 Å². The van der Waals surface area contributed by atoms with E-state index in [0.717, 1.165) is 6.42 Å². The molecular formula is C12H20IN3O2S. The Balaban J connectivity index is 0.00000324. The molecule has 1 rings (SSSR count). The number of nitrogens with one attached hydrogen (secondary N) is 1. The highest BCUT2D eigenvalue weighted by Crippen LogP contribution is 1.97. The first-order valence-electron chi connectivity index (χ1n) is 5.73. The molecule has 0 aliphatic heterocycles. The van der Waals surface area contributed by atoms with Crippen molar-refractivity contribution in [2.75, 3.05) is 25.1 Å². The predicted octanol–water partition coefficient (Wildman–Crippen LogP) is 0.796. The van der Waals surface area contributed by atoms with Crippen molar-refractivity contribution in [3.8, 4) is 0 Å². The fourth-order valence-corrected chi connectivity index (χ4v) is 1.79. The zero-order valence-corrected chi connectivity index (χ0v) is 14.0. The molecule has 0 fully saturated rings. The van der Waals surface area contributed by atoms with E-state index in [0.29, 0.717) is 6.54 Å². The molecule has 0 atom stereocenters. The topological polar surface area (TPSA) is 84.5 Å². The van der Waals surface area contributed by atoms with Gasteiger partial charge in [0.15, 0.2) is 5.96 Å². The fourth-order valence-electron chi connectivity index (χ4n) is 1.37. The first-order valence-corrected chi connectivity index (χ1v) is 7.79. The van der Waals surface area contributed by atoms with Crippen LogP contribution in [0.1, 0.15) is 5.56 Å². The molecule has 7 heteroatoms. The van der Waals surface area contributed by atoms with Gasteiger partial charge in [0, 0.05) is 12.8 Å². The van der Waals surface area contributed by atoms with Gasteiger partial charge in [-0.25, -0.2) is 8.42 Å². The summed E-state index contributed by atoms with van der Waals surface area (Å²) in [5.74, 6) is 0.309. The summed E-state index contributed by atoms with van der Waals surface area (Å²) >= 11 is 0. The maximum atomic E-state index is 10.9. The summed E-state index contributed by atoms with van der Waals surface area (Å²) in [6, 6.07) is 10.0. The molecule has 0 spiro atoms. The number of nitrogens with zero attached hydrogens (tertiary/aromatic N) is 1. The van der Waals surface area contributed by atoms with Gasteiger partial charge in [-0.3, -0.25) is 4.99 Å². The van der Waals surface area contributed by atoms with Gasteiger partial charge in [0.1, 0.15) is 9.84 Å². The highest BCUT2D eigenvalue weighted by atomic mass is 127. The minimum absolute atomic E-state index is 0. The average molecular weight is 397 g/mol. The van der Waals surface area contributed by atoms with Crippen LogP contribution in [0.3, 0.4) is 0 Å². The summed E-state index contributed by atoms with van der Waals surface area (Å²) in [5.41, 5.74) is 6.83. The van der Waals surface area contributed by atoms with Gasteiger partial charge >= 0.3 is 0 Å². The Hall–Kier alpha value is -0.830. The van der Waals surface area contributed by atoms with Crippen molar-refractivity contribution < 1.29 is 8.42 Å². The third kappa shape index (κ3) is 9.71. The summed E-state index contributed by atoms with van der Waals surface area (Å²) in [4.78, 5) is 3.94. The van der Waals surface area contributed by atoms with E-state index in [1.54, 1.807) is 0 Å². The highest BCUT2D eigenvalue weighted by Gasteiger charge is 2.00. The third-order valence-electron chi connectivity index (χ3n) is 2.31. The SMILES string of the molecule is CS(=O)(=O)CCN=C(N)NCCc1ccccc1.I. The number of guanidine groups is 1. The Kier molecular flexibility index (Phi) is 8.73. The van der Waals surface area contributed by atoms with Gasteiger partial charge < -0.3 is 11.1 Å². The maximum absolute atomic E-state index is 10.9. The van der Waals surface area contributed by atoms with Crippen molar-refractivity contribution in [2.24, 2.45) is 10.7 Å². The van der Waals surface area contributed by atoms with Gasteiger partial charge in [-0.15, -0.1) is 24.0 Å². The molecule has 5 nitrogen and oxygen atoms in total. The minimum atomic E-state index is -2.97. The monoisotopic (exact) mass is 397 g/mol. The average Bonchev–Trinajstić information content (AvgIpc) is 2.28. The molecule has 0 radical (unpaired) electrons. The lowest BCUT2D eigenvalue weighted by Gasteiger charge is -2.05. The quantitative estimate of drug-likeness (QED) is 0.423. The van der Waals surface area contributed by atoms with E-state index >= 15 is 0 Å². The van der Waals surface area contributed by atoms with E-state index in [1.165, 1.54) is 11.8 Å². The Labute approximate surface area is 131 Å². The van der Waals surface area contributed by atoms with Crippen molar-refractivity contribution in [3.05, 3.63) is 35.9 Å². The Morgan fingerprint density at radius 1 is 1.32 bits per heavy atom. The standard InChI is InChI=1S/C12H19N3O2S.HI/c1-18(16,17)10-9-15-12(13)14-8-7-11-5-3-2-4-6-11;/h2-6H,7-10H2,1H3,(H3,13,14,15);1H. The van der Waals surface area contributed by atoms with Gasteiger partial charge in [0.05, 0.1) is 12.3 Å². The summed E-state index contributed by atoms with van der Waals surface area (Å²) < 4.78 is 21.8. The number of hydrogen-bond donors (Lipinski definition) is 2. The molecule has 108 valence electrons. The normalized spacial score (nSPS) is 11.7. The molecule has 0 amide bonds. The van der Waals surface area contributed by atoms with Gasteiger partial charge in [-0.05, 0) is 12.0 Å². The summed E-state index contributed by atoms with van der Waals surface area (Å²) in [7, 11) is -2.97. The molecule has 3 N–H and O–H groups in total. The van der Waals surface area contributed by atoms with Gasteiger partial charge in [-0.2, -0.15) is 0 Å². The van der Waals surface area contributed by atoms with Crippen LogP contribution >= 0.6 is 24.0 Å². The van der Waals surface area contributed by atoms with Crippen LogP contribution in [-0.4, -0.2) is 39.5 Å². The first kappa shape index (κ1) is 18.2. The van der Waals surface area contributed by atoms with Crippen LogP contribution in [0.5, 0.6) is 0 Å². The molecule has 0 aliphatic carbocycles. The van der Waals surface area contributed by atoms with Crippen LogP contribution in [0.2, 0.25) is 0 Å². The van der Waals surface area contributed by atoms with E-state index in [4.69, 9.17) is 5.73 Å². The molecule has 0 saturated carbocycles. The number of aliphatic imine (C=N–C) groups is 1. The van der Waals surface area contributed by atoms with Crippen molar-refractivity contribution in [2.45, 2.75) is 6.42 Å². The van der Waals surface area contributed by atoms with Crippen LogP contribution in [-0.2, 0) is 16.3 Å². The highest BCUT2D eigenvalue weighted by molar-refractivity contribution is 14.0. The van der Waals surface area contributed by atoms with E-state index in [1.807, 2.05) is 30.3 Å². The molecular weight excluding hydrogens is 377 g/mol. The molecule has 0 unspecified atom stereocenters. The molecule has 19 heavy (non-hydrogen) atoms. The van der Waals surface area contributed by atoms with Crippen molar-refractivity contribution in [1.82, 2.24) is 5.32 Å². The lowest BCUT2D eigenvalue weighted by Crippen LogP contribution is -2.33. The summed E-state index contributed by atoms with van der Waals surface area (Å²) in [6.45, 7) is 0.876. The number of nitrogens with two attached hydrogens (primary N) is 1. The third-order valence-corrected chi connectivity index (χ3v) is 3.23. The molecule has 0 bridgehead atoms. The molecule has 0 aliphatic rings. The zero-order valence-electron chi connectivity index (χ0n) is 10.9. The van der Waals surface area contributed by atoms with Crippen LogP contribution < -0.4 is 11.1 Å². The Morgan fingerprint density at radius 3 is 2.53 bits per heavy atom. The van der Waals surface area contributed by atoms with Crippen LogP contribution in [0.4, 0.5) is 0 Å². The van der Waals surface area contributed by atoms with E-state index in [2.05, 4.69) is 10.3 Å². The lowest BCUT2D eigenvalue weighted by molar-refractivity contribution is 0.601. The van der Waals surface area contributed by atoms with Crippen LogP contribution in [0.25, 0.3) is 0 Å². The number of benzene rings is 1. The molecule has 1 aromatic rings. The molecule has 1 aromatic carbocycles. The van der Waals surface area contributed by atoms with Crippen molar-refractivity contribution in [3.63, 3.8) is 0 Å². The largest absolute Gasteiger partial charge is 0.370 e. The van der Waals surface area contributed by atoms with Gasteiger partial charge in [-0.1, -0.05) is 30.3 Å². The van der Waals surface area contributed by atoms with Crippen molar-refractivity contribution in [1.29, 1.82) is 0 Å². The molecule has 0 heterocycles. The zero-order chi connectivity index (χ0) is 13.4. The lowest BCUT2D eigenvalue weighted by atomic mass is 10.1. The second-order valence-electron chi connectivity index (χ2n) is 4.06.